The number of hydrogen-bond donors (Lipinski definition) is 3. The van der Waals surface area contributed by atoms with Crippen LogP contribution < -0.4 is 17.0 Å². The summed E-state index contributed by atoms with van der Waals surface area (Å²) in [6, 6.07) is 2.88. The molecule has 5 N–H and O–H groups in total. The number of benzene rings is 1. The topological polar surface area (TPSA) is 193 Å². The molecule has 0 aliphatic rings. The number of nitrogens with two attached hydrogens (primary N) is 2. The number of nitrogens with one attached hydrogen (secondary N) is 1. The van der Waals surface area contributed by atoms with E-state index in [-0.39, 0.29) is 28.5 Å². The maximum absolute atomic E-state index is 12.0. The van der Waals surface area contributed by atoms with Crippen molar-refractivity contribution in [2.45, 2.75) is 6.92 Å². The lowest BCUT2D eigenvalue weighted by Crippen LogP contribution is -2.31. The van der Waals surface area contributed by atoms with E-state index < -0.39 is 27.1 Å². The third-order valence-electron chi connectivity index (χ3n) is 3.06. The smallest absolute Gasteiger partial charge is 0.276 e. The van der Waals surface area contributed by atoms with E-state index in [1.807, 2.05) is 5.43 Å². The van der Waals surface area contributed by atoms with Crippen LogP contribution in [0.15, 0.2) is 18.2 Å². The van der Waals surface area contributed by atoms with Gasteiger partial charge in [0.15, 0.2) is 0 Å². The van der Waals surface area contributed by atoms with Gasteiger partial charge in [-0.25, -0.2) is 15.8 Å². The molecule has 1 amide bonds. The zero-order valence-electron chi connectivity index (χ0n) is 12.2. The second kappa shape index (κ2) is 6.21. The molecule has 0 bridgehead atoms. The number of nitrogens with zero attached hydrogens (tertiary/aromatic N) is 4. The Morgan fingerprint density at radius 3 is 2.12 bits per heavy atom. The summed E-state index contributed by atoms with van der Waals surface area (Å²) in [5.41, 5.74) is 6.31. The molecule has 0 atom stereocenters. The summed E-state index contributed by atoms with van der Waals surface area (Å²) >= 11 is 0. The van der Waals surface area contributed by atoms with Gasteiger partial charge in [0.2, 0.25) is 5.95 Å². The Kier molecular flexibility index (Phi) is 4.32. The minimum atomic E-state index is -0.795. The van der Waals surface area contributed by atoms with Gasteiger partial charge in [-0.05, 0) is 6.92 Å². The quantitative estimate of drug-likeness (QED) is 0.308. The number of aryl methyl sites for hydroxylation is 1. The van der Waals surface area contributed by atoms with Crippen molar-refractivity contribution >= 4 is 23.2 Å². The molecule has 0 aliphatic heterocycles. The van der Waals surface area contributed by atoms with E-state index in [0.717, 1.165) is 18.2 Å². The Bertz CT molecular complexity index is 835. The Morgan fingerprint density at radius 1 is 1.12 bits per heavy atom. The lowest BCUT2D eigenvalue weighted by molar-refractivity contribution is -0.394. The highest BCUT2D eigenvalue weighted by Crippen LogP contribution is 2.31. The molecule has 0 saturated carbocycles. The van der Waals surface area contributed by atoms with Gasteiger partial charge in [0.1, 0.15) is 0 Å². The summed E-state index contributed by atoms with van der Waals surface area (Å²) in [6.07, 6.45) is 0. The number of carbonyl (C=O) groups excluding carboxylic acids is 1. The number of rotatable bonds is 4. The van der Waals surface area contributed by atoms with Crippen molar-refractivity contribution in [3.8, 4) is 11.3 Å². The van der Waals surface area contributed by atoms with E-state index in [0.29, 0.717) is 0 Å². The van der Waals surface area contributed by atoms with Crippen molar-refractivity contribution in [1.29, 1.82) is 0 Å². The highest BCUT2D eigenvalue weighted by Gasteiger charge is 2.23. The van der Waals surface area contributed by atoms with Gasteiger partial charge in [-0.2, -0.15) is 0 Å². The number of hydrazine groups is 1. The molecule has 0 radical (unpaired) electrons. The Morgan fingerprint density at radius 2 is 1.67 bits per heavy atom. The number of carbonyl (C=O) groups is 1. The number of nitrogen functional groups attached to an aromatic ring is 2. The van der Waals surface area contributed by atoms with Gasteiger partial charge >= 0.3 is 0 Å². The molecule has 1 aromatic carbocycles. The predicted octanol–water partition coefficient (Wildman–Crippen LogP) is 0.454. The maximum atomic E-state index is 12.0. The summed E-state index contributed by atoms with van der Waals surface area (Å²) < 4.78 is 0. The van der Waals surface area contributed by atoms with Crippen molar-refractivity contribution in [2.75, 3.05) is 5.73 Å². The molecule has 12 nitrogen and oxygen atoms in total. The molecule has 24 heavy (non-hydrogen) atoms. The summed E-state index contributed by atoms with van der Waals surface area (Å²) in [4.78, 5) is 40.1. The third-order valence-corrected chi connectivity index (χ3v) is 3.06. The van der Waals surface area contributed by atoms with Crippen LogP contribution in [0.1, 0.15) is 16.1 Å². The number of hydrogen-bond acceptors (Lipinski definition) is 9. The summed E-state index contributed by atoms with van der Waals surface area (Å²) in [5.74, 6) is 4.14. The molecule has 0 aliphatic carbocycles. The second-order valence-corrected chi connectivity index (χ2v) is 4.62. The highest BCUT2D eigenvalue weighted by molar-refractivity contribution is 6.01. The lowest BCUT2D eigenvalue weighted by Gasteiger charge is -2.11. The van der Waals surface area contributed by atoms with Crippen LogP contribution in [-0.2, 0) is 0 Å². The fourth-order valence-electron chi connectivity index (χ4n) is 2.09. The molecule has 0 fully saturated rings. The SMILES string of the molecule is Cc1nc(N)nc(-c2cc([N+](=O)[O-])cc([N+](=O)[O-])c2)c1C(=O)NN. The average molecular weight is 333 g/mol. The van der Waals surface area contributed by atoms with Crippen LogP contribution in [0, 0.1) is 27.2 Å². The van der Waals surface area contributed by atoms with Gasteiger partial charge in [0, 0.05) is 17.7 Å². The van der Waals surface area contributed by atoms with Crippen molar-refractivity contribution in [3.05, 3.63) is 49.7 Å². The first-order valence-corrected chi connectivity index (χ1v) is 6.34. The van der Waals surface area contributed by atoms with Gasteiger partial charge in [-0.15, -0.1) is 0 Å². The Balaban J connectivity index is 2.82. The standard InChI is InChI=1S/C12H11N7O5/c1-5-9(11(20)17-14)10(16-12(13)15-5)6-2-7(18(21)22)4-8(3-6)19(23)24/h2-4H,14H2,1H3,(H,17,20)(H2,13,15,16). The zero-order chi connectivity index (χ0) is 18.0. The van der Waals surface area contributed by atoms with Crippen molar-refractivity contribution in [3.63, 3.8) is 0 Å². The van der Waals surface area contributed by atoms with Crippen LogP contribution in [0.5, 0.6) is 0 Å². The van der Waals surface area contributed by atoms with E-state index in [1.165, 1.54) is 6.92 Å². The van der Waals surface area contributed by atoms with Crippen LogP contribution in [0.2, 0.25) is 0 Å². The Labute approximate surface area is 133 Å². The van der Waals surface area contributed by atoms with Crippen LogP contribution in [0.3, 0.4) is 0 Å². The highest BCUT2D eigenvalue weighted by atomic mass is 16.6. The average Bonchev–Trinajstić information content (AvgIpc) is 2.52. The molecule has 12 heteroatoms. The van der Waals surface area contributed by atoms with E-state index in [9.17, 15) is 25.0 Å². The van der Waals surface area contributed by atoms with Crippen LogP contribution in [0.4, 0.5) is 17.3 Å². The number of amides is 1. The fourth-order valence-corrected chi connectivity index (χ4v) is 2.09. The van der Waals surface area contributed by atoms with Gasteiger partial charge in [-0.3, -0.25) is 30.4 Å². The van der Waals surface area contributed by atoms with Crippen LogP contribution in [-0.4, -0.2) is 25.7 Å². The van der Waals surface area contributed by atoms with Crippen LogP contribution >= 0.6 is 0 Å². The largest absolute Gasteiger partial charge is 0.368 e. The normalized spacial score (nSPS) is 10.2. The zero-order valence-corrected chi connectivity index (χ0v) is 12.2. The second-order valence-electron chi connectivity index (χ2n) is 4.62. The number of nitro benzene ring substituents is 2. The molecule has 0 unspecified atom stereocenters. The van der Waals surface area contributed by atoms with E-state index >= 15 is 0 Å². The summed E-state index contributed by atoms with van der Waals surface area (Å²) in [5, 5.41) is 22.0. The summed E-state index contributed by atoms with van der Waals surface area (Å²) in [7, 11) is 0. The molecule has 0 saturated heterocycles. The van der Waals surface area contributed by atoms with Gasteiger partial charge in [0.05, 0.1) is 32.9 Å². The molecule has 2 rings (SSSR count). The van der Waals surface area contributed by atoms with Gasteiger partial charge < -0.3 is 5.73 Å². The molecule has 1 aromatic heterocycles. The lowest BCUT2D eigenvalue weighted by atomic mass is 10.0. The van der Waals surface area contributed by atoms with Crippen LogP contribution in [0.25, 0.3) is 11.3 Å². The van der Waals surface area contributed by atoms with E-state index in [1.54, 1.807) is 0 Å². The van der Waals surface area contributed by atoms with Crippen molar-refractivity contribution < 1.29 is 14.6 Å². The first-order chi connectivity index (χ1) is 11.2. The minimum absolute atomic E-state index is 0.0355. The fraction of sp³-hybridized carbons (Fsp3) is 0.0833. The monoisotopic (exact) mass is 333 g/mol. The molecule has 1 heterocycles. The molecular formula is C12H11N7O5. The predicted molar refractivity (Wildman–Crippen MR) is 81.6 cm³/mol. The molecular weight excluding hydrogens is 322 g/mol. The van der Waals surface area contributed by atoms with Crippen molar-refractivity contribution in [1.82, 2.24) is 15.4 Å². The number of non-ortho nitro benzene ring substituents is 2. The van der Waals surface area contributed by atoms with Crippen molar-refractivity contribution in [2.24, 2.45) is 5.84 Å². The number of anilines is 1. The molecule has 124 valence electrons. The van der Waals surface area contributed by atoms with E-state index in [2.05, 4.69) is 9.97 Å². The molecule has 0 spiro atoms. The summed E-state index contributed by atoms with van der Waals surface area (Å²) in [6.45, 7) is 1.46. The third kappa shape index (κ3) is 3.07. The van der Waals surface area contributed by atoms with Gasteiger partial charge in [-0.1, -0.05) is 0 Å². The maximum Gasteiger partial charge on any atom is 0.276 e. The Hall–Kier alpha value is -3.67. The van der Waals surface area contributed by atoms with Gasteiger partial charge in [0.25, 0.3) is 17.3 Å². The molecule has 2 aromatic rings. The van der Waals surface area contributed by atoms with E-state index in [4.69, 9.17) is 11.6 Å². The first kappa shape index (κ1) is 16.7. The number of aromatic nitrogens is 2. The first-order valence-electron chi connectivity index (χ1n) is 6.34. The number of nitro groups is 2. The minimum Gasteiger partial charge on any atom is -0.368 e.